The van der Waals surface area contributed by atoms with E-state index < -0.39 is 0 Å². The van der Waals surface area contributed by atoms with Gasteiger partial charge < -0.3 is 0 Å². The summed E-state index contributed by atoms with van der Waals surface area (Å²) < 4.78 is 0. The summed E-state index contributed by atoms with van der Waals surface area (Å²) in [6.45, 7) is 5.86. The van der Waals surface area contributed by atoms with Crippen molar-refractivity contribution in [2.24, 2.45) is 0 Å². The number of benzene rings is 1. The maximum absolute atomic E-state index is 2.54. The summed E-state index contributed by atoms with van der Waals surface area (Å²) in [6, 6.07) is 8.87. The zero-order valence-electron chi connectivity index (χ0n) is 10.9. The van der Waals surface area contributed by atoms with E-state index in [1.54, 1.807) is 0 Å². The third kappa shape index (κ3) is 4.01. The van der Waals surface area contributed by atoms with Crippen LogP contribution in [0.4, 0.5) is 0 Å². The topological polar surface area (TPSA) is 3.24 Å². The third-order valence-electron chi connectivity index (χ3n) is 3.51. The van der Waals surface area contributed by atoms with Crippen LogP contribution >= 0.6 is 0 Å². The highest BCUT2D eigenvalue weighted by Crippen LogP contribution is 2.10. The van der Waals surface area contributed by atoms with Crippen LogP contribution in [0.1, 0.15) is 37.3 Å². The molecule has 2 rings (SSSR count). The van der Waals surface area contributed by atoms with Crippen LogP contribution in [0.2, 0.25) is 0 Å². The van der Waals surface area contributed by atoms with Crippen molar-refractivity contribution in [1.29, 1.82) is 0 Å². The monoisotopic (exact) mass is 229 g/mol. The van der Waals surface area contributed by atoms with Gasteiger partial charge in [-0.2, -0.15) is 0 Å². The smallest absolute Gasteiger partial charge is 0.0166 e. The quantitative estimate of drug-likeness (QED) is 0.760. The molecule has 0 atom stereocenters. The molecule has 1 heterocycles. The highest BCUT2D eigenvalue weighted by molar-refractivity contribution is 5.49. The maximum atomic E-state index is 2.54. The summed E-state index contributed by atoms with van der Waals surface area (Å²) in [6.07, 6.45) is 9.83. The standard InChI is InChI=1S/C16H23N/c1-2-15-8-10-16(11-9-15)7-6-14-17-12-4-3-5-13-17/h6-11H,2-5,12-14H2,1H3/b7-6+. The van der Waals surface area contributed by atoms with Crippen LogP contribution in [0.25, 0.3) is 6.08 Å². The second-order valence-electron chi connectivity index (χ2n) is 4.86. The number of rotatable bonds is 4. The van der Waals surface area contributed by atoms with E-state index in [4.69, 9.17) is 0 Å². The minimum atomic E-state index is 1.11. The molecule has 0 unspecified atom stereocenters. The summed E-state index contributed by atoms with van der Waals surface area (Å²) >= 11 is 0. The van der Waals surface area contributed by atoms with E-state index in [1.165, 1.54) is 43.5 Å². The van der Waals surface area contributed by atoms with Crippen molar-refractivity contribution in [1.82, 2.24) is 4.90 Å². The molecule has 1 nitrogen and oxygen atoms in total. The van der Waals surface area contributed by atoms with Gasteiger partial charge in [-0.15, -0.1) is 0 Å². The summed E-state index contributed by atoms with van der Waals surface area (Å²) in [5.41, 5.74) is 2.73. The van der Waals surface area contributed by atoms with Crippen molar-refractivity contribution in [2.75, 3.05) is 19.6 Å². The van der Waals surface area contributed by atoms with E-state index in [1.807, 2.05) is 0 Å². The van der Waals surface area contributed by atoms with Gasteiger partial charge in [-0.1, -0.05) is 49.8 Å². The summed E-state index contributed by atoms with van der Waals surface area (Å²) in [4.78, 5) is 2.54. The Bertz CT molecular complexity index is 344. The highest BCUT2D eigenvalue weighted by Gasteiger charge is 2.07. The van der Waals surface area contributed by atoms with Crippen molar-refractivity contribution in [2.45, 2.75) is 32.6 Å². The first-order valence-corrected chi connectivity index (χ1v) is 6.86. The molecular formula is C16H23N. The molecule has 1 saturated heterocycles. The Labute approximate surface area is 105 Å². The van der Waals surface area contributed by atoms with Crippen molar-refractivity contribution in [3.8, 4) is 0 Å². The molecule has 1 aliphatic rings. The van der Waals surface area contributed by atoms with E-state index >= 15 is 0 Å². The molecule has 92 valence electrons. The largest absolute Gasteiger partial charge is 0.300 e. The SMILES string of the molecule is CCc1ccc(/C=C/CN2CCCCC2)cc1. The van der Waals surface area contributed by atoms with Gasteiger partial charge in [-0.3, -0.25) is 4.90 Å². The molecule has 0 spiro atoms. The molecule has 0 aliphatic carbocycles. The second-order valence-corrected chi connectivity index (χ2v) is 4.86. The van der Waals surface area contributed by atoms with Gasteiger partial charge in [-0.05, 0) is 43.5 Å². The van der Waals surface area contributed by atoms with Gasteiger partial charge in [0.05, 0.1) is 0 Å². The number of nitrogens with zero attached hydrogens (tertiary/aromatic N) is 1. The first-order valence-electron chi connectivity index (χ1n) is 6.86. The predicted molar refractivity (Wildman–Crippen MR) is 75.1 cm³/mol. The molecule has 1 aromatic carbocycles. The maximum Gasteiger partial charge on any atom is 0.0166 e. The second kappa shape index (κ2) is 6.61. The average Bonchev–Trinajstić information content (AvgIpc) is 2.41. The molecule has 0 N–H and O–H groups in total. The van der Waals surface area contributed by atoms with Crippen LogP contribution in [0, 0.1) is 0 Å². The lowest BCUT2D eigenvalue weighted by molar-refractivity contribution is 0.252. The Morgan fingerprint density at radius 3 is 2.41 bits per heavy atom. The van der Waals surface area contributed by atoms with Crippen LogP contribution in [0.5, 0.6) is 0 Å². The Morgan fingerprint density at radius 2 is 1.76 bits per heavy atom. The van der Waals surface area contributed by atoms with Gasteiger partial charge in [0, 0.05) is 6.54 Å². The Hall–Kier alpha value is -1.08. The molecule has 1 aromatic rings. The lowest BCUT2D eigenvalue weighted by Crippen LogP contribution is -2.29. The van der Waals surface area contributed by atoms with E-state index in [9.17, 15) is 0 Å². The summed E-state index contributed by atoms with van der Waals surface area (Å²) in [5.74, 6) is 0. The zero-order valence-corrected chi connectivity index (χ0v) is 10.9. The fourth-order valence-electron chi connectivity index (χ4n) is 2.34. The van der Waals surface area contributed by atoms with E-state index in [0.717, 1.165) is 13.0 Å². The molecule has 0 bridgehead atoms. The predicted octanol–water partition coefficient (Wildman–Crippen LogP) is 3.75. The molecule has 0 radical (unpaired) electrons. The molecule has 17 heavy (non-hydrogen) atoms. The molecule has 0 amide bonds. The number of piperidine rings is 1. The number of hydrogen-bond donors (Lipinski definition) is 0. The first-order chi connectivity index (χ1) is 8.38. The Morgan fingerprint density at radius 1 is 1.06 bits per heavy atom. The van der Waals surface area contributed by atoms with Crippen molar-refractivity contribution < 1.29 is 0 Å². The summed E-state index contributed by atoms with van der Waals surface area (Å²) in [7, 11) is 0. The Balaban J connectivity index is 1.82. The number of aryl methyl sites for hydroxylation is 1. The third-order valence-corrected chi connectivity index (χ3v) is 3.51. The Kier molecular flexibility index (Phi) is 4.81. The van der Waals surface area contributed by atoms with Crippen LogP contribution in [0.15, 0.2) is 30.3 Å². The normalized spacial score (nSPS) is 17.7. The first kappa shape index (κ1) is 12.4. The minimum absolute atomic E-state index is 1.11. The van der Waals surface area contributed by atoms with Gasteiger partial charge in [0.15, 0.2) is 0 Å². The lowest BCUT2D eigenvalue weighted by atomic mass is 10.1. The van der Waals surface area contributed by atoms with Crippen LogP contribution in [-0.4, -0.2) is 24.5 Å². The number of likely N-dealkylation sites (tertiary alicyclic amines) is 1. The van der Waals surface area contributed by atoms with Crippen molar-refractivity contribution in [3.05, 3.63) is 41.5 Å². The molecule has 1 heteroatoms. The van der Waals surface area contributed by atoms with Gasteiger partial charge in [-0.25, -0.2) is 0 Å². The highest BCUT2D eigenvalue weighted by atomic mass is 15.1. The van der Waals surface area contributed by atoms with E-state index in [-0.39, 0.29) is 0 Å². The van der Waals surface area contributed by atoms with Gasteiger partial charge >= 0.3 is 0 Å². The van der Waals surface area contributed by atoms with Gasteiger partial charge in [0.1, 0.15) is 0 Å². The van der Waals surface area contributed by atoms with Gasteiger partial charge in [0.2, 0.25) is 0 Å². The molecular weight excluding hydrogens is 206 g/mol. The van der Waals surface area contributed by atoms with E-state index in [0.29, 0.717) is 0 Å². The fourth-order valence-corrected chi connectivity index (χ4v) is 2.34. The van der Waals surface area contributed by atoms with Crippen molar-refractivity contribution >= 4 is 6.08 Å². The zero-order chi connectivity index (χ0) is 11.9. The summed E-state index contributed by atoms with van der Waals surface area (Å²) in [5, 5.41) is 0. The van der Waals surface area contributed by atoms with Crippen LogP contribution < -0.4 is 0 Å². The molecule has 1 fully saturated rings. The van der Waals surface area contributed by atoms with Crippen LogP contribution in [0.3, 0.4) is 0 Å². The lowest BCUT2D eigenvalue weighted by Gasteiger charge is -2.24. The molecule has 1 aliphatic heterocycles. The van der Waals surface area contributed by atoms with E-state index in [2.05, 4.69) is 48.2 Å². The minimum Gasteiger partial charge on any atom is -0.300 e. The van der Waals surface area contributed by atoms with Crippen molar-refractivity contribution in [3.63, 3.8) is 0 Å². The molecule has 0 saturated carbocycles. The fraction of sp³-hybridized carbons (Fsp3) is 0.500. The van der Waals surface area contributed by atoms with Crippen LogP contribution in [-0.2, 0) is 6.42 Å². The number of hydrogen-bond acceptors (Lipinski definition) is 1. The van der Waals surface area contributed by atoms with Gasteiger partial charge in [0.25, 0.3) is 0 Å². The average molecular weight is 229 g/mol. The molecule has 0 aromatic heterocycles.